The minimum Gasteiger partial charge on any atom is -0.300 e. The number of rotatable bonds is 6. The van der Waals surface area contributed by atoms with Crippen LogP contribution in [0.5, 0.6) is 0 Å². The van der Waals surface area contributed by atoms with Crippen molar-refractivity contribution in [1.82, 2.24) is 0 Å². The Hall–Kier alpha value is -0.850. The fourth-order valence-corrected chi connectivity index (χ4v) is 1.02. The van der Waals surface area contributed by atoms with Crippen LogP contribution < -0.4 is 0 Å². The van der Waals surface area contributed by atoms with E-state index < -0.39 is 0 Å². The first-order valence-corrected chi connectivity index (χ1v) is 4.98. The zero-order chi connectivity index (χ0) is 10.1. The maximum atomic E-state index is 10.6. The lowest BCUT2D eigenvalue weighted by Crippen LogP contribution is -1.89. The molecule has 0 radical (unpaired) electrons. The Balaban J connectivity index is 3.60. The summed E-state index contributed by atoms with van der Waals surface area (Å²) in [6.07, 6.45) is 11.2. The van der Waals surface area contributed by atoms with Crippen LogP contribution >= 0.6 is 0 Å². The van der Waals surface area contributed by atoms with Crippen LogP contribution in [0.1, 0.15) is 40.0 Å². The van der Waals surface area contributed by atoms with Crippen LogP contribution in [0.25, 0.3) is 0 Å². The second-order valence-electron chi connectivity index (χ2n) is 3.43. The SMILES string of the molecule is CC/C=C/CC(C)/C=C/CC(C)=O. The number of carbonyl (C=O) groups excluding carboxylic acids is 1. The van der Waals surface area contributed by atoms with E-state index in [0.29, 0.717) is 12.3 Å². The number of carbonyl (C=O) groups is 1. The maximum Gasteiger partial charge on any atom is 0.133 e. The Morgan fingerprint density at radius 3 is 2.54 bits per heavy atom. The summed E-state index contributed by atoms with van der Waals surface area (Å²) in [5.74, 6) is 0.773. The molecule has 0 amide bonds. The summed E-state index contributed by atoms with van der Waals surface area (Å²) < 4.78 is 0. The molecule has 0 spiro atoms. The van der Waals surface area contributed by atoms with Crippen molar-refractivity contribution < 1.29 is 4.79 Å². The van der Waals surface area contributed by atoms with Gasteiger partial charge in [0.25, 0.3) is 0 Å². The second-order valence-corrected chi connectivity index (χ2v) is 3.43. The highest BCUT2D eigenvalue weighted by Crippen LogP contribution is 2.05. The van der Waals surface area contributed by atoms with Gasteiger partial charge in [-0.3, -0.25) is 4.79 Å². The van der Waals surface area contributed by atoms with Crippen LogP contribution in [0.2, 0.25) is 0 Å². The molecule has 0 aliphatic carbocycles. The van der Waals surface area contributed by atoms with E-state index in [1.807, 2.05) is 6.08 Å². The molecule has 74 valence electrons. The van der Waals surface area contributed by atoms with Gasteiger partial charge < -0.3 is 0 Å². The van der Waals surface area contributed by atoms with E-state index in [0.717, 1.165) is 12.8 Å². The van der Waals surface area contributed by atoms with Gasteiger partial charge >= 0.3 is 0 Å². The Kier molecular flexibility index (Phi) is 7.27. The quantitative estimate of drug-likeness (QED) is 0.572. The van der Waals surface area contributed by atoms with Gasteiger partial charge in [-0.25, -0.2) is 0 Å². The Labute approximate surface area is 81.5 Å². The summed E-state index contributed by atoms with van der Waals surface area (Å²) in [5.41, 5.74) is 0. The monoisotopic (exact) mass is 180 g/mol. The predicted molar refractivity (Wildman–Crippen MR) is 57.7 cm³/mol. The molecular formula is C12H20O. The standard InChI is InChI=1S/C12H20O/c1-4-5-6-8-11(2)9-7-10-12(3)13/h5-7,9,11H,4,8,10H2,1-3H3/b6-5+,9-7+. The largest absolute Gasteiger partial charge is 0.300 e. The molecule has 1 atom stereocenters. The first kappa shape index (κ1) is 12.2. The topological polar surface area (TPSA) is 17.1 Å². The molecule has 0 aromatic carbocycles. The third kappa shape index (κ3) is 9.06. The molecule has 0 N–H and O–H groups in total. The van der Waals surface area contributed by atoms with Gasteiger partial charge in [-0.1, -0.05) is 38.2 Å². The van der Waals surface area contributed by atoms with Gasteiger partial charge in [0.05, 0.1) is 0 Å². The van der Waals surface area contributed by atoms with Crippen molar-refractivity contribution in [1.29, 1.82) is 0 Å². The van der Waals surface area contributed by atoms with Crippen LogP contribution in [-0.2, 0) is 4.79 Å². The molecule has 13 heavy (non-hydrogen) atoms. The first-order valence-electron chi connectivity index (χ1n) is 4.98. The van der Waals surface area contributed by atoms with E-state index in [9.17, 15) is 4.79 Å². The van der Waals surface area contributed by atoms with Crippen molar-refractivity contribution in [3.8, 4) is 0 Å². The summed E-state index contributed by atoms with van der Waals surface area (Å²) in [7, 11) is 0. The molecule has 1 unspecified atom stereocenters. The van der Waals surface area contributed by atoms with E-state index in [-0.39, 0.29) is 5.78 Å². The van der Waals surface area contributed by atoms with Gasteiger partial charge in [0.1, 0.15) is 5.78 Å². The third-order valence-electron chi connectivity index (χ3n) is 1.78. The van der Waals surface area contributed by atoms with E-state index in [4.69, 9.17) is 0 Å². The van der Waals surface area contributed by atoms with E-state index in [1.54, 1.807) is 6.92 Å². The van der Waals surface area contributed by atoms with Crippen LogP contribution in [0.3, 0.4) is 0 Å². The highest BCUT2D eigenvalue weighted by Gasteiger charge is 1.92. The second kappa shape index (κ2) is 7.78. The van der Waals surface area contributed by atoms with Crippen LogP contribution in [0, 0.1) is 5.92 Å². The molecule has 0 heterocycles. The average molecular weight is 180 g/mol. The van der Waals surface area contributed by atoms with Gasteiger partial charge in [0, 0.05) is 6.42 Å². The molecule has 0 aliphatic heterocycles. The summed E-state index contributed by atoms with van der Waals surface area (Å²) >= 11 is 0. The summed E-state index contributed by atoms with van der Waals surface area (Å²) in [5, 5.41) is 0. The molecule has 0 aliphatic rings. The molecular weight excluding hydrogens is 160 g/mol. The van der Waals surface area contributed by atoms with Crippen molar-refractivity contribution >= 4 is 5.78 Å². The number of ketones is 1. The number of hydrogen-bond donors (Lipinski definition) is 0. The molecule has 0 aromatic rings. The van der Waals surface area contributed by atoms with Crippen molar-refractivity contribution in [2.75, 3.05) is 0 Å². The minimum absolute atomic E-state index is 0.229. The third-order valence-corrected chi connectivity index (χ3v) is 1.78. The number of allylic oxidation sites excluding steroid dienone is 4. The van der Waals surface area contributed by atoms with Crippen LogP contribution in [0.15, 0.2) is 24.3 Å². The summed E-state index contributed by atoms with van der Waals surface area (Å²) in [6, 6.07) is 0. The smallest absolute Gasteiger partial charge is 0.133 e. The normalized spacial score (nSPS) is 14.1. The van der Waals surface area contributed by atoms with Crippen molar-refractivity contribution in [3.05, 3.63) is 24.3 Å². The van der Waals surface area contributed by atoms with E-state index in [2.05, 4.69) is 32.1 Å². The Bertz CT molecular complexity index is 189. The fourth-order valence-electron chi connectivity index (χ4n) is 1.02. The van der Waals surface area contributed by atoms with Crippen molar-refractivity contribution in [3.63, 3.8) is 0 Å². The van der Waals surface area contributed by atoms with Gasteiger partial charge in [-0.15, -0.1) is 0 Å². The van der Waals surface area contributed by atoms with Crippen molar-refractivity contribution in [2.45, 2.75) is 40.0 Å². The molecule has 0 fully saturated rings. The molecule has 1 heteroatoms. The molecule has 0 rings (SSSR count). The lowest BCUT2D eigenvalue weighted by atomic mass is 10.1. The van der Waals surface area contributed by atoms with Crippen molar-refractivity contribution in [2.24, 2.45) is 5.92 Å². The van der Waals surface area contributed by atoms with Gasteiger partial charge in [-0.2, -0.15) is 0 Å². The Morgan fingerprint density at radius 2 is 2.00 bits per heavy atom. The van der Waals surface area contributed by atoms with E-state index >= 15 is 0 Å². The molecule has 0 bridgehead atoms. The van der Waals surface area contributed by atoms with E-state index in [1.165, 1.54) is 0 Å². The fraction of sp³-hybridized carbons (Fsp3) is 0.583. The average Bonchev–Trinajstić information content (AvgIpc) is 2.04. The zero-order valence-electron chi connectivity index (χ0n) is 8.92. The lowest BCUT2D eigenvalue weighted by Gasteiger charge is -1.99. The Morgan fingerprint density at radius 1 is 1.31 bits per heavy atom. The van der Waals surface area contributed by atoms with Gasteiger partial charge in [0.15, 0.2) is 0 Å². The molecule has 0 aromatic heterocycles. The maximum absolute atomic E-state index is 10.6. The highest BCUT2D eigenvalue weighted by molar-refractivity contribution is 5.76. The lowest BCUT2D eigenvalue weighted by molar-refractivity contribution is -0.116. The molecule has 0 saturated heterocycles. The molecule has 0 saturated carbocycles. The minimum atomic E-state index is 0.229. The predicted octanol–water partition coefficient (Wildman–Crippen LogP) is 3.51. The van der Waals surface area contributed by atoms with Gasteiger partial charge in [-0.05, 0) is 25.7 Å². The molecule has 1 nitrogen and oxygen atoms in total. The summed E-state index contributed by atoms with van der Waals surface area (Å²) in [6.45, 7) is 5.91. The van der Waals surface area contributed by atoms with Crippen LogP contribution in [0.4, 0.5) is 0 Å². The highest BCUT2D eigenvalue weighted by atomic mass is 16.1. The number of hydrogen-bond acceptors (Lipinski definition) is 1. The number of Topliss-reactive ketones (excluding diaryl/α,β-unsaturated/α-hetero) is 1. The van der Waals surface area contributed by atoms with Gasteiger partial charge in [0.2, 0.25) is 0 Å². The zero-order valence-corrected chi connectivity index (χ0v) is 8.92. The summed E-state index contributed by atoms with van der Waals surface area (Å²) in [4.78, 5) is 10.6. The first-order chi connectivity index (χ1) is 6.16. The van der Waals surface area contributed by atoms with Crippen LogP contribution in [-0.4, -0.2) is 5.78 Å².